The minimum atomic E-state index is -0.186. The van der Waals surface area contributed by atoms with Crippen LogP contribution in [0.3, 0.4) is 0 Å². The van der Waals surface area contributed by atoms with Crippen LogP contribution in [0.1, 0.15) is 51.0 Å². The number of benzene rings is 1. The van der Waals surface area contributed by atoms with Gasteiger partial charge in [0.15, 0.2) is 0 Å². The van der Waals surface area contributed by atoms with E-state index in [1.165, 1.54) is 5.56 Å². The van der Waals surface area contributed by atoms with E-state index in [2.05, 4.69) is 23.6 Å². The van der Waals surface area contributed by atoms with E-state index in [1.54, 1.807) is 0 Å². The maximum absolute atomic E-state index is 13.5. The van der Waals surface area contributed by atoms with E-state index >= 15 is 0 Å². The van der Waals surface area contributed by atoms with Gasteiger partial charge >= 0.3 is 0 Å². The maximum atomic E-state index is 13.5. The van der Waals surface area contributed by atoms with Crippen molar-refractivity contribution in [1.82, 2.24) is 10.6 Å². The third kappa shape index (κ3) is 3.75. The monoisotopic (exact) mass is 369 g/mol. The van der Waals surface area contributed by atoms with E-state index < -0.39 is 0 Å². The molecule has 0 spiro atoms. The Bertz CT molecular complexity index is 699. The van der Waals surface area contributed by atoms with Gasteiger partial charge in [-0.25, -0.2) is 0 Å². The second-order valence-corrected chi connectivity index (χ2v) is 8.42. The van der Waals surface area contributed by atoms with Crippen LogP contribution in [-0.4, -0.2) is 37.0 Å². The Morgan fingerprint density at radius 3 is 2.52 bits per heavy atom. The normalized spacial score (nSPS) is 28.6. The number of piperidine rings is 1. The largest absolute Gasteiger partial charge is 0.353 e. The second-order valence-electron chi connectivity index (χ2n) is 8.42. The molecule has 3 unspecified atom stereocenters. The lowest BCUT2D eigenvalue weighted by atomic mass is 9.77. The van der Waals surface area contributed by atoms with Gasteiger partial charge in [0.05, 0.1) is 5.92 Å². The highest BCUT2D eigenvalue weighted by Crippen LogP contribution is 2.38. The van der Waals surface area contributed by atoms with Gasteiger partial charge in [-0.3, -0.25) is 9.59 Å². The van der Waals surface area contributed by atoms with Crippen molar-refractivity contribution in [3.63, 3.8) is 0 Å². The Morgan fingerprint density at radius 1 is 1.04 bits per heavy atom. The molecular weight excluding hydrogens is 338 g/mol. The highest BCUT2D eigenvalue weighted by Gasteiger charge is 2.41. The SMILES string of the molecule is CC1Cc2ccccc2N1C(=O)C1CCCCC1C(=O)NC1CCNCC1. The number of para-hydroxylation sites is 1. The number of anilines is 1. The van der Waals surface area contributed by atoms with Crippen LogP contribution in [0.2, 0.25) is 0 Å². The van der Waals surface area contributed by atoms with Gasteiger partial charge in [0.1, 0.15) is 0 Å². The minimum absolute atomic E-state index is 0.0973. The smallest absolute Gasteiger partial charge is 0.231 e. The van der Waals surface area contributed by atoms with Crippen LogP contribution < -0.4 is 15.5 Å². The summed E-state index contributed by atoms with van der Waals surface area (Å²) in [6.07, 6.45) is 6.60. The van der Waals surface area contributed by atoms with Crippen molar-refractivity contribution in [1.29, 1.82) is 0 Å². The number of nitrogens with one attached hydrogen (secondary N) is 2. The lowest BCUT2D eigenvalue weighted by molar-refractivity contribution is -0.135. The van der Waals surface area contributed by atoms with Gasteiger partial charge in [-0.2, -0.15) is 0 Å². The van der Waals surface area contributed by atoms with E-state index in [1.807, 2.05) is 23.1 Å². The highest BCUT2D eigenvalue weighted by molar-refractivity contribution is 6.00. The third-order valence-corrected chi connectivity index (χ3v) is 6.55. The average molecular weight is 370 g/mol. The van der Waals surface area contributed by atoms with Crippen LogP contribution in [-0.2, 0) is 16.0 Å². The molecule has 2 N–H and O–H groups in total. The van der Waals surface area contributed by atoms with Crippen LogP contribution >= 0.6 is 0 Å². The van der Waals surface area contributed by atoms with Crippen molar-refractivity contribution in [3.05, 3.63) is 29.8 Å². The average Bonchev–Trinajstić information content (AvgIpc) is 3.04. The maximum Gasteiger partial charge on any atom is 0.231 e. The molecule has 0 aromatic heterocycles. The Morgan fingerprint density at radius 2 is 1.74 bits per heavy atom. The van der Waals surface area contributed by atoms with Gasteiger partial charge in [0, 0.05) is 23.7 Å². The summed E-state index contributed by atoms with van der Waals surface area (Å²) in [5, 5.41) is 6.58. The molecule has 1 aliphatic carbocycles. The number of carbonyl (C=O) groups excluding carboxylic acids is 2. The molecule has 2 heterocycles. The summed E-state index contributed by atoms with van der Waals surface area (Å²) in [5.41, 5.74) is 2.28. The van der Waals surface area contributed by atoms with E-state index in [0.29, 0.717) is 0 Å². The number of hydrogen-bond acceptors (Lipinski definition) is 3. The fourth-order valence-corrected chi connectivity index (χ4v) is 5.09. The molecule has 146 valence electrons. The number of amides is 2. The molecule has 0 bridgehead atoms. The van der Waals surface area contributed by atoms with Crippen molar-refractivity contribution < 1.29 is 9.59 Å². The zero-order chi connectivity index (χ0) is 18.8. The molecule has 27 heavy (non-hydrogen) atoms. The summed E-state index contributed by atoms with van der Waals surface area (Å²) in [6.45, 7) is 4.03. The number of nitrogens with zero attached hydrogens (tertiary/aromatic N) is 1. The Balaban J connectivity index is 1.50. The summed E-state index contributed by atoms with van der Waals surface area (Å²) < 4.78 is 0. The Kier molecular flexibility index (Phi) is 5.48. The summed E-state index contributed by atoms with van der Waals surface area (Å²) in [6, 6.07) is 8.62. The molecule has 3 atom stereocenters. The number of carbonyl (C=O) groups is 2. The number of rotatable bonds is 3. The predicted octanol–water partition coefficient (Wildman–Crippen LogP) is 2.64. The fraction of sp³-hybridized carbons (Fsp3) is 0.636. The summed E-state index contributed by atoms with van der Waals surface area (Å²) in [4.78, 5) is 28.5. The van der Waals surface area contributed by atoms with Crippen molar-refractivity contribution in [2.45, 2.75) is 64.0 Å². The fourth-order valence-electron chi connectivity index (χ4n) is 5.09. The first-order valence-electron chi connectivity index (χ1n) is 10.6. The van der Waals surface area contributed by atoms with Crippen LogP contribution in [0, 0.1) is 11.8 Å². The second kappa shape index (κ2) is 8.01. The molecule has 5 nitrogen and oxygen atoms in total. The molecule has 0 radical (unpaired) electrons. The first-order chi connectivity index (χ1) is 13.1. The van der Waals surface area contributed by atoms with Crippen molar-refractivity contribution >= 4 is 17.5 Å². The minimum Gasteiger partial charge on any atom is -0.353 e. The van der Waals surface area contributed by atoms with Crippen molar-refractivity contribution in [2.24, 2.45) is 11.8 Å². The van der Waals surface area contributed by atoms with Gasteiger partial charge < -0.3 is 15.5 Å². The molecule has 2 amide bonds. The third-order valence-electron chi connectivity index (χ3n) is 6.55. The lowest BCUT2D eigenvalue weighted by Crippen LogP contribution is -2.50. The van der Waals surface area contributed by atoms with Crippen LogP contribution in [0.15, 0.2) is 24.3 Å². The molecule has 3 aliphatic rings. The van der Waals surface area contributed by atoms with Gasteiger partial charge in [-0.1, -0.05) is 31.0 Å². The van der Waals surface area contributed by atoms with E-state index in [-0.39, 0.29) is 35.7 Å². The van der Waals surface area contributed by atoms with Crippen LogP contribution in [0.5, 0.6) is 0 Å². The predicted molar refractivity (Wildman–Crippen MR) is 107 cm³/mol. The van der Waals surface area contributed by atoms with Crippen molar-refractivity contribution in [2.75, 3.05) is 18.0 Å². The molecule has 1 saturated carbocycles. The summed E-state index contributed by atoms with van der Waals surface area (Å²) in [5.74, 6) is -0.118. The molecule has 4 rings (SSSR count). The van der Waals surface area contributed by atoms with Gasteiger partial charge in [0.25, 0.3) is 0 Å². The first-order valence-corrected chi connectivity index (χ1v) is 10.6. The Hall–Kier alpha value is -1.88. The van der Waals surface area contributed by atoms with Gasteiger partial charge in [-0.05, 0) is 63.7 Å². The standard InChI is InChI=1S/C22H31N3O2/c1-15-14-16-6-2-5-9-20(16)25(15)22(27)19-8-4-3-7-18(19)21(26)24-17-10-12-23-13-11-17/h2,5-6,9,15,17-19,23H,3-4,7-8,10-14H2,1H3,(H,24,26). The van der Waals surface area contributed by atoms with Crippen LogP contribution in [0.4, 0.5) is 5.69 Å². The highest BCUT2D eigenvalue weighted by atomic mass is 16.2. The molecular formula is C22H31N3O2. The number of fused-ring (bicyclic) bond motifs is 1. The molecule has 1 aromatic rings. The van der Waals surface area contributed by atoms with E-state index in [0.717, 1.165) is 63.7 Å². The van der Waals surface area contributed by atoms with E-state index in [4.69, 9.17) is 0 Å². The molecule has 5 heteroatoms. The molecule has 2 fully saturated rings. The van der Waals surface area contributed by atoms with Gasteiger partial charge in [-0.15, -0.1) is 0 Å². The van der Waals surface area contributed by atoms with Gasteiger partial charge in [0.2, 0.25) is 11.8 Å². The zero-order valence-electron chi connectivity index (χ0n) is 16.2. The quantitative estimate of drug-likeness (QED) is 0.861. The van der Waals surface area contributed by atoms with E-state index in [9.17, 15) is 9.59 Å². The topological polar surface area (TPSA) is 61.4 Å². The lowest BCUT2D eigenvalue weighted by Gasteiger charge is -2.35. The summed E-state index contributed by atoms with van der Waals surface area (Å²) >= 11 is 0. The first kappa shape index (κ1) is 18.5. The molecule has 2 aliphatic heterocycles. The van der Waals surface area contributed by atoms with Crippen molar-refractivity contribution in [3.8, 4) is 0 Å². The summed E-state index contributed by atoms with van der Waals surface area (Å²) in [7, 11) is 0. The molecule has 1 saturated heterocycles. The number of hydrogen-bond donors (Lipinski definition) is 2. The Labute approximate surface area is 161 Å². The zero-order valence-corrected chi connectivity index (χ0v) is 16.2. The molecule has 1 aromatic carbocycles. The van der Waals surface area contributed by atoms with Crippen LogP contribution in [0.25, 0.3) is 0 Å².